The Bertz CT molecular complexity index is 443. The fraction of sp³-hybridized carbons (Fsp3) is 0.273. The van der Waals surface area contributed by atoms with E-state index < -0.39 is 11.7 Å². The summed E-state index contributed by atoms with van der Waals surface area (Å²) < 4.78 is 37.9. The van der Waals surface area contributed by atoms with Crippen molar-refractivity contribution in [2.24, 2.45) is 5.10 Å². The Hall–Kier alpha value is -1.63. The van der Waals surface area contributed by atoms with E-state index in [2.05, 4.69) is 15.8 Å². The Morgan fingerprint density at radius 2 is 2.06 bits per heavy atom. The third kappa shape index (κ3) is 4.33. The Balaban J connectivity index is 2.79. The third-order valence-electron chi connectivity index (χ3n) is 1.97. The average Bonchev–Trinajstić information content (AvgIpc) is 2.28. The Labute approximate surface area is 108 Å². The van der Waals surface area contributed by atoms with Crippen LogP contribution in [0.4, 0.5) is 13.2 Å². The second-order valence-corrected chi connectivity index (χ2v) is 3.72. The average molecular weight is 275 g/mol. The number of nitrogens with one attached hydrogen (secondary N) is 2. The van der Waals surface area contributed by atoms with E-state index >= 15 is 0 Å². The highest BCUT2D eigenvalue weighted by molar-refractivity contribution is 7.80. The molecule has 0 heterocycles. The largest absolute Gasteiger partial charge is 0.417 e. The molecule has 0 radical (unpaired) electrons. The maximum Gasteiger partial charge on any atom is 0.417 e. The monoisotopic (exact) mass is 275 g/mol. The maximum atomic E-state index is 12.6. The van der Waals surface area contributed by atoms with Crippen LogP contribution in [0.1, 0.15) is 18.1 Å². The molecule has 0 spiro atoms. The van der Waals surface area contributed by atoms with Gasteiger partial charge in [0.1, 0.15) is 0 Å². The quantitative estimate of drug-likeness (QED) is 0.505. The predicted molar refractivity (Wildman–Crippen MR) is 68.4 cm³/mol. The van der Waals surface area contributed by atoms with E-state index in [9.17, 15) is 13.2 Å². The predicted octanol–water partition coefficient (Wildman–Crippen LogP) is 2.52. The van der Waals surface area contributed by atoms with Crippen LogP contribution in [0.25, 0.3) is 0 Å². The molecular formula is C11H12F3N3S. The number of hydrogen-bond donors (Lipinski definition) is 2. The van der Waals surface area contributed by atoms with Gasteiger partial charge in [-0.1, -0.05) is 18.2 Å². The van der Waals surface area contributed by atoms with E-state index in [0.717, 1.165) is 12.3 Å². The van der Waals surface area contributed by atoms with Gasteiger partial charge in [-0.15, -0.1) is 0 Å². The van der Waals surface area contributed by atoms with Crippen LogP contribution < -0.4 is 10.7 Å². The van der Waals surface area contributed by atoms with Crippen molar-refractivity contribution in [1.29, 1.82) is 0 Å². The summed E-state index contributed by atoms with van der Waals surface area (Å²) in [6.45, 7) is 2.46. The molecule has 18 heavy (non-hydrogen) atoms. The summed E-state index contributed by atoms with van der Waals surface area (Å²) in [7, 11) is 0. The molecule has 98 valence electrons. The molecule has 0 fully saturated rings. The van der Waals surface area contributed by atoms with Crippen LogP contribution >= 0.6 is 12.2 Å². The first kappa shape index (κ1) is 14.4. The van der Waals surface area contributed by atoms with Gasteiger partial charge in [0.2, 0.25) is 0 Å². The van der Waals surface area contributed by atoms with E-state index in [1.54, 1.807) is 0 Å². The molecule has 0 aliphatic rings. The lowest BCUT2D eigenvalue weighted by molar-refractivity contribution is -0.137. The third-order valence-corrected chi connectivity index (χ3v) is 2.21. The van der Waals surface area contributed by atoms with Crippen molar-refractivity contribution in [1.82, 2.24) is 10.7 Å². The molecule has 0 bridgehead atoms. The van der Waals surface area contributed by atoms with Gasteiger partial charge >= 0.3 is 6.18 Å². The van der Waals surface area contributed by atoms with Crippen molar-refractivity contribution in [3.8, 4) is 0 Å². The number of hydrogen-bond acceptors (Lipinski definition) is 2. The van der Waals surface area contributed by atoms with E-state index in [1.165, 1.54) is 18.2 Å². The van der Waals surface area contributed by atoms with E-state index in [-0.39, 0.29) is 10.7 Å². The molecule has 0 saturated carbocycles. The minimum absolute atomic E-state index is 0.0169. The summed E-state index contributed by atoms with van der Waals surface area (Å²) in [4.78, 5) is 0. The molecule has 0 aliphatic heterocycles. The lowest BCUT2D eigenvalue weighted by Gasteiger charge is -2.09. The standard InChI is InChI=1S/C11H12F3N3S/c1-2-15-10(18)17-16-7-8-5-3-4-6-9(8)11(12,13)14/h3-7H,2H2,1H3,(H2,15,17,18). The highest BCUT2D eigenvalue weighted by Crippen LogP contribution is 2.30. The van der Waals surface area contributed by atoms with Gasteiger partial charge in [-0.2, -0.15) is 18.3 Å². The molecule has 0 aromatic heterocycles. The van der Waals surface area contributed by atoms with Gasteiger partial charge in [-0.25, -0.2) is 0 Å². The molecular weight excluding hydrogens is 263 g/mol. The zero-order chi connectivity index (χ0) is 13.6. The first-order valence-corrected chi connectivity index (χ1v) is 5.59. The molecule has 0 unspecified atom stereocenters. The summed E-state index contributed by atoms with van der Waals surface area (Å²) in [6.07, 6.45) is -3.31. The van der Waals surface area contributed by atoms with Crippen molar-refractivity contribution in [3.05, 3.63) is 35.4 Å². The zero-order valence-electron chi connectivity index (χ0n) is 9.58. The van der Waals surface area contributed by atoms with Crippen LogP contribution in [-0.2, 0) is 6.18 Å². The SMILES string of the molecule is CCNC(=S)NN=Cc1ccccc1C(F)(F)F. The Morgan fingerprint density at radius 1 is 1.39 bits per heavy atom. The van der Waals surface area contributed by atoms with E-state index in [1.807, 2.05) is 6.92 Å². The summed E-state index contributed by atoms with van der Waals surface area (Å²) in [5.41, 5.74) is 1.68. The van der Waals surface area contributed by atoms with Crippen LogP contribution in [0.15, 0.2) is 29.4 Å². The molecule has 1 aromatic rings. The van der Waals surface area contributed by atoms with Gasteiger partial charge in [-0.05, 0) is 25.2 Å². The summed E-state index contributed by atoms with van der Waals surface area (Å²) in [6, 6.07) is 5.18. The normalized spacial score (nSPS) is 11.6. The molecule has 3 nitrogen and oxygen atoms in total. The Kier molecular flexibility index (Phi) is 5.08. The molecule has 0 saturated heterocycles. The number of benzene rings is 1. The first-order chi connectivity index (χ1) is 8.45. The number of halogens is 3. The summed E-state index contributed by atoms with van der Waals surface area (Å²) in [5.74, 6) is 0. The minimum Gasteiger partial charge on any atom is -0.362 e. The molecule has 2 N–H and O–H groups in total. The highest BCUT2D eigenvalue weighted by Gasteiger charge is 2.32. The number of thiocarbonyl (C=S) groups is 1. The Morgan fingerprint density at radius 3 is 2.67 bits per heavy atom. The molecule has 1 aromatic carbocycles. The van der Waals surface area contributed by atoms with Gasteiger partial charge in [-0.3, -0.25) is 5.43 Å². The van der Waals surface area contributed by atoms with Gasteiger partial charge < -0.3 is 5.32 Å². The van der Waals surface area contributed by atoms with Crippen molar-refractivity contribution >= 4 is 23.5 Å². The fourth-order valence-corrected chi connectivity index (χ4v) is 1.43. The zero-order valence-corrected chi connectivity index (χ0v) is 10.4. The van der Waals surface area contributed by atoms with Crippen LogP contribution in [0.5, 0.6) is 0 Å². The number of nitrogens with zero attached hydrogens (tertiary/aromatic N) is 1. The highest BCUT2D eigenvalue weighted by atomic mass is 32.1. The minimum atomic E-state index is -4.40. The number of hydrazone groups is 1. The molecule has 1 rings (SSSR count). The van der Waals surface area contributed by atoms with Gasteiger partial charge in [0.25, 0.3) is 0 Å². The topological polar surface area (TPSA) is 36.4 Å². The van der Waals surface area contributed by atoms with Gasteiger partial charge in [0, 0.05) is 12.1 Å². The molecule has 7 heteroatoms. The molecule has 0 aliphatic carbocycles. The maximum absolute atomic E-state index is 12.6. The lowest BCUT2D eigenvalue weighted by Crippen LogP contribution is -2.31. The second kappa shape index (κ2) is 6.34. The molecule has 0 atom stereocenters. The van der Waals surface area contributed by atoms with Crippen LogP contribution in [0.3, 0.4) is 0 Å². The van der Waals surface area contributed by atoms with Crippen LogP contribution in [0.2, 0.25) is 0 Å². The van der Waals surface area contributed by atoms with Crippen LogP contribution in [0, 0.1) is 0 Å². The van der Waals surface area contributed by atoms with Crippen molar-refractivity contribution < 1.29 is 13.2 Å². The van der Waals surface area contributed by atoms with Crippen molar-refractivity contribution in [2.75, 3.05) is 6.54 Å². The van der Waals surface area contributed by atoms with E-state index in [4.69, 9.17) is 12.2 Å². The van der Waals surface area contributed by atoms with Gasteiger partial charge in [0.15, 0.2) is 5.11 Å². The number of alkyl halides is 3. The first-order valence-electron chi connectivity index (χ1n) is 5.18. The fourth-order valence-electron chi connectivity index (χ4n) is 1.23. The smallest absolute Gasteiger partial charge is 0.362 e. The van der Waals surface area contributed by atoms with Gasteiger partial charge in [0.05, 0.1) is 11.8 Å². The summed E-state index contributed by atoms with van der Waals surface area (Å²) in [5, 5.41) is 6.68. The van der Waals surface area contributed by atoms with Crippen LogP contribution in [-0.4, -0.2) is 17.9 Å². The molecule has 0 amide bonds. The second-order valence-electron chi connectivity index (χ2n) is 3.31. The van der Waals surface area contributed by atoms with Crippen molar-refractivity contribution in [2.45, 2.75) is 13.1 Å². The van der Waals surface area contributed by atoms with E-state index in [0.29, 0.717) is 6.54 Å². The summed E-state index contributed by atoms with van der Waals surface area (Å²) >= 11 is 4.82. The lowest BCUT2D eigenvalue weighted by atomic mass is 10.1. The number of rotatable bonds is 3. The van der Waals surface area contributed by atoms with Crippen molar-refractivity contribution in [3.63, 3.8) is 0 Å².